The molecule has 62 valence electrons. The second-order valence-corrected chi connectivity index (χ2v) is 2.60. The van der Waals surface area contributed by atoms with Crippen molar-refractivity contribution in [3.05, 3.63) is 0 Å². The Labute approximate surface area is 67.2 Å². The smallest absolute Gasteiger partial charge is 0.102 e. The Hall–Kier alpha value is 0.180. The van der Waals surface area contributed by atoms with E-state index in [0.29, 0.717) is 12.4 Å². The van der Waals surface area contributed by atoms with E-state index >= 15 is 0 Å². The molecule has 3 heteroatoms. The molecule has 0 bridgehead atoms. The van der Waals surface area contributed by atoms with Gasteiger partial charge in [0.05, 0.1) is 0 Å². The van der Waals surface area contributed by atoms with E-state index in [0.717, 1.165) is 19.5 Å². The number of hydrogen-bond donors (Lipinski definition) is 0. The topological polar surface area (TPSA) is 3.24 Å². The van der Waals surface area contributed by atoms with E-state index in [1.807, 2.05) is 4.90 Å². The number of nitrogens with zero attached hydrogens (tertiary/aromatic N) is 1. The van der Waals surface area contributed by atoms with Crippen molar-refractivity contribution in [1.29, 1.82) is 0 Å². The molecule has 0 radical (unpaired) electrons. The summed E-state index contributed by atoms with van der Waals surface area (Å²) in [7, 11) is 0. The van der Waals surface area contributed by atoms with Gasteiger partial charge in [-0.2, -0.15) is 0 Å². The van der Waals surface area contributed by atoms with Gasteiger partial charge in [-0.3, -0.25) is 4.90 Å². The maximum atomic E-state index is 11.8. The van der Waals surface area contributed by atoms with E-state index in [4.69, 9.17) is 11.6 Å². The van der Waals surface area contributed by atoms with Gasteiger partial charge in [-0.1, -0.05) is 6.92 Å². The summed E-state index contributed by atoms with van der Waals surface area (Å²) in [5.74, 6) is 0.597. The van der Waals surface area contributed by atoms with E-state index in [1.165, 1.54) is 0 Å². The summed E-state index contributed by atoms with van der Waals surface area (Å²) in [6.07, 6.45) is 1.07. The molecule has 0 unspecified atom stereocenters. The van der Waals surface area contributed by atoms with Gasteiger partial charge >= 0.3 is 0 Å². The van der Waals surface area contributed by atoms with Gasteiger partial charge in [0, 0.05) is 19.0 Å². The summed E-state index contributed by atoms with van der Waals surface area (Å²) in [6.45, 7) is 4.10. The first kappa shape index (κ1) is 10.2. The van der Waals surface area contributed by atoms with Crippen molar-refractivity contribution < 1.29 is 4.39 Å². The summed E-state index contributed by atoms with van der Waals surface area (Å²) >= 11 is 5.50. The largest absolute Gasteiger partial charge is 0.300 e. The molecule has 0 amide bonds. The molecule has 0 aliphatic rings. The zero-order valence-corrected chi connectivity index (χ0v) is 7.20. The molecule has 0 N–H and O–H groups in total. The van der Waals surface area contributed by atoms with Gasteiger partial charge in [-0.05, 0) is 13.0 Å². The molecule has 0 aromatic heterocycles. The second kappa shape index (κ2) is 7.29. The standard InChI is InChI=1S/C7H15ClFN/c1-2-5-10(6-3-8)7-4-9/h2-7H2,1H3. The minimum absolute atomic E-state index is 0.267. The first-order chi connectivity index (χ1) is 4.85. The summed E-state index contributed by atoms with van der Waals surface area (Å²) < 4.78 is 11.8. The third kappa shape index (κ3) is 5.00. The summed E-state index contributed by atoms with van der Waals surface area (Å²) in [5.41, 5.74) is 0. The van der Waals surface area contributed by atoms with Crippen LogP contribution in [0, 0.1) is 0 Å². The van der Waals surface area contributed by atoms with Crippen molar-refractivity contribution in [2.24, 2.45) is 0 Å². The lowest BCUT2D eigenvalue weighted by Gasteiger charge is -2.17. The molecule has 0 aliphatic carbocycles. The fourth-order valence-electron chi connectivity index (χ4n) is 0.891. The quantitative estimate of drug-likeness (QED) is 0.547. The maximum absolute atomic E-state index is 11.8. The molecule has 0 aromatic rings. The van der Waals surface area contributed by atoms with Gasteiger partial charge in [0.25, 0.3) is 0 Å². The molecule has 0 aliphatic heterocycles. The third-order valence-electron chi connectivity index (χ3n) is 1.34. The van der Waals surface area contributed by atoms with Crippen molar-refractivity contribution in [3.8, 4) is 0 Å². The predicted octanol–water partition coefficient (Wildman–Crippen LogP) is 1.91. The van der Waals surface area contributed by atoms with E-state index in [1.54, 1.807) is 0 Å². The summed E-state index contributed by atoms with van der Waals surface area (Å²) in [5, 5.41) is 0. The molecular weight excluding hydrogens is 153 g/mol. The van der Waals surface area contributed by atoms with Crippen molar-refractivity contribution in [2.45, 2.75) is 13.3 Å². The van der Waals surface area contributed by atoms with Crippen molar-refractivity contribution in [2.75, 3.05) is 32.2 Å². The SMILES string of the molecule is CCCN(CCF)CCCl. The Morgan fingerprint density at radius 2 is 2.00 bits per heavy atom. The van der Waals surface area contributed by atoms with Gasteiger partial charge in [-0.25, -0.2) is 4.39 Å². The molecule has 10 heavy (non-hydrogen) atoms. The van der Waals surface area contributed by atoms with Crippen LogP contribution >= 0.6 is 11.6 Å². The fraction of sp³-hybridized carbons (Fsp3) is 1.00. The number of rotatable bonds is 6. The first-order valence-electron chi connectivity index (χ1n) is 3.69. The van der Waals surface area contributed by atoms with Crippen LogP contribution in [0.3, 0.4) is 0 Å². The van der Waals surface area contributed by atoms with Gasteiger partial charge in [0.15, 0.2) is 0 Å². The highest BCUT2D eigenvalue weighted by Gasteiger charge is 2.00. The molecule has 0 fully saturated rings. The molecular formula is C7H15ClFN. The maximum Gasteiger partial charge on any atom is 0.102 e. The zero-order valence-electron chi connectivity index (χ0n) is 6.45. The Morgan fingerprint density at radius 1 is 1.30 bits per heavy atom. The van der Waals surface area contributed by atoms with Crippen LogP contribution in [0.1, 0.15) is 13.3 Å². The van der Waals surface area contributed by atoms with Crippen LogP contribution in [-0.4, -0.2) is 37.1 Å². The predicted molar refractivity (Wildman–Crippen MR) is 43.4 cm³/mol. The Balaban J connectivity index is 3.30. The van der Waals surface area contributed by atoms with Crippen molar-refractivity contribution in [3.63, 3.8) is 0 Å². The average Bonchev–Trinajstić information content (AvgIpc) is 1.90. The van der Waals surface area contributed by atoms with Crippen LogP contribution in [0.4, 0.5) is 4.39 Å². The Kier molecular flexibility index (Phi) is 7.42. The number of halogens is 2. The van der Waals surface area contributed by atoms with Crippen LogP contribution in [-0.2, 0) is 0 Å². The normalized spacial score (nSPS) is 10.8. The lowest BCUT2D eigenvalue weighted by atomic mass is 10.4. The van der Waals surface area contributed by atoms with Gasteiger partial charge < -0.3 is 0 Å². The highest BCUT2D eigenvalue weighted by atomic mass is 35.5. The van der Waals surface area contributed by atoms with Crippen LogP contribution in [0.25, 0.3) is 0 Å². The van der Waals surface area contributed by atoms with Crippen LogP contribution in [0.5, 0.6) is 0 Å². The molecule has 0 rings (SSSR count). The van der Waals surface area contributed by atoms with Crippen LogP contribution in [0.15, 0.2) is 0 Å². The fourth-order valence-corrected chi connectivity index (χ4v) is 1.13. The lowest BCUT2D eigenvalue weighted by molar-refractivity contribution is 0.261. The summed E-state index contributed by atoms with van der Waals surface area (Å²) in [4.78, 5) is 2.03. The summed E-state index contributed by atoms with van der Waals surface area (Å²) in [6, 6.07) is 0. The minimum Gasteiger partial charge on any atom is -0.300 e. The van der Waals surface area contributed by atoms with Crippen molar-refractivity contribution >= 4 is 11.6 Å². The highest BCUT2D eigenvalue weighted by Crippen LogP contribution is 1.92. The third-order valence-corrected chi connectivity index (χ3v) is 1.51. The molecule has 1 nitrogen and oxygen atoms in total. The lowest BCUT2D eigenvalue weighted by Crippen LogP contribution is -2.28. The molecule has 0 saturated heterocycles. The molecule has 0 heterocycles. The van der Waals surface area contributed by atoms with E-state index in [-0.39, 0.29) is 6.67 Å². The number of alkyl halides is 2. The molecule has 0 atom stereocenters. The first-order valence-corrected chi connectivity index (χ1v) is 4.22. The molecule has 0 spiro atoms. The van der Waals surface area contributed by atoms with Gasteiger partial charge in [-0.15, -0.1) is 11.6 Å². The van der Waals surface area contributed by atoms with Gasteiger partial charge in [0.1, 0.15) is 6.67 Å². The number of hydrogen-bond acceptors (Lipinski definition) is 1. The minimum atomic E-state index is -0.267. The van der Waals surface area contributed by atoms with Crippen LogP contribution < -0.4 is 0 Å². The zero-order chi connectivity index (χ0) is 7.82. The van der Waals surface area contributed by atoms with E-state index in [2.05, 4.69) is 6.92 Å². The molecule has 0 aromatic carbocycles. The monoisotopic (exact) mass is 167 g/mol. The van der Waals surface area contributed by atoms with Gasteiger partial charge in [0.2, 0.25) is 0 Å². The van der Waals surface area contributed by atoms with E-state index in [9.17, 15) is 4.39 Å². The second-order valence-electron chi connectivity index (χ2n) is 2.22. The van der Waals surface area contributed by atoms with Crippen LogP contribution in [0.2, 0.25) is 0 Å². The Bertz CT molecular complexity index is 56.4. The highest BCUT2D eigenvalue weighted by molar-refractivity contribution is 6.18. The Morgan fingerprint density at radius 3 is 2.40 bits per heavy atom. The van der Waals surface area contributed by atoms with E-state index < -0.39 is 0 Å². The molecule has 0 saturated carbocycles. The van der Waals surface area contributed by atoms with Crippen molar-refractivity contribution in [1.82, 2.24) is 4.90 Å². The average molecular weight is 168 g/mol.